The molecule has 2 aliphatic carbocycles. The fourth-order valence-corrected chi connectivity index (χ4v) is 11.0. The van der Waals surface area contributed by atoms with Crippen molar-refractivity contribution in [3.05, 3.63) is 155 Å². The summed E-state index contributed by atoms with van der Waals surface area (Å²) in [6.45, 7) is 4.67. The van der Waals surface area contributed by atoms with E-state index in [2.05, 4.69) is 53.0 Å². The minimum atomic E-state index is -1.13. The first-order valence-electron chi connectivity index (χ1n) is 21.9. The molecule has 8 rings (SSSR count). The van der Waals surface area contributed by atoms with Gasteiger partial charge in [-0.25, -0.2) is 0 Å². The van der Waals surface area contributed by atoms with Crippen molar-refractivity contribution in [3.8, 4) is 17.2 Å². The molecule has 4 aromatic carbocycles. The Morgan fingerprint density at radius 3 is 2.49 bits per heavy atom. The topological polar surface area (TPSA) is 159 Å². The van der Waals surface area contributed by atoms with Crippen molar-refractivity contribution in [3.63, 3.8) is 0 Å². The van der Waals surface area contributed by atoms with Crippen LogP contribution in [0.4, 0.5) is 5.69 Å². The van der Waals surface area contributed by atoms with Crippen LogP contribution in [0, 0.1) is 27.9 Å². The molecule has 0 amide bonds. The number of rotatable bonds is 21. The predicted octanol–water partition coefficient (Wildman–Crippen LogP) is 10.1. The number of allylic oxidation sites excluding steroid dienone is 1. The summed E-state index contributed by atoms with van der Waals surface area (Å²) in [5, 5.41) is 38.1. The lowest BCUT2D eigenvalue weighted by Gasteiger charge is -2.58. The third-order valence-corrected chi connectivity index (χ3v) is 13.8. The second kappa shape index (κ2) is 20.7. The molecule has 2 heterocycles. The predicted molar refractivity (Wildman–Crippen MR) is 245 cm³/mol. The number of fused-ring (bicyclic) bond motifs is 3. The molecule has 0 unspecified atom stereocenters. The second-order valence-corrected chi connectivity index (χ2v) is 17.7. The largest absolute Gasteiger partial charge is 0.460 e. The Morgan fingerprint density at radius 1 is 0.952 bits per heavy atom. The maximum atomic E-state index is 11.3. The van der Waals surface area contributed by atoms with E-state index in [1.54, 1.807) is 48.6 Å². The maximum absolute atomic E-state index is 11.3. The second-order valence-electron chi connectivity index (χ2n) is 16.4. The molecule has 1 saturated carbocycles. The van der Waals surface area contributed by atoms with Crippen molar-refractivity contribution in [1.29, 1.82) is 0 Å². The molecule has 13 heteroatoms. The molecular weight excluding hydrogens is 817 g/mol. The summed E-state index contributed by atoms with van der Waals surface area (Å²) in [6.07, 6.45) is 15.2. The highest BCUT2D eigenvalue weighted by atomic mass is 32.2. The van der Waals surface area contributed by atoms with Gasteiger partial charge in [0.1, 0.15) is 23.9 Å². The van der Waals surface area contributed by atoms with Gasteiger partial charge >= 0.3 is 0 Å². The van der Waals surface area contributed by atoms with Crippen molar-refractivity contribution in [1.82, 2.24) is 9.97 Å². The minimum Gasteiger partial charge on any atom is -0.460 e. The van der Waals surface area contributed by atoms with E-state index >= 15 is 0 Å². The van der Waals surface area contributed by atoms with Crippen LogP contribution in [0.1, 0.15) is 67.7 Å². The number of oxime groups is 1. The molecule has 63 heavy (non-hydrogen) atoms. The number of thioether (sulfide) groups is 1. The average Bonchev–Trinajstić information content (AvgIpc) is 3.30. The number of aryl methyl sites for hydroxylation is 1. The fourth-order valence-electron chi connectivity index (χ4n) is 9.57. The molecule has 2 N–H and O–H groups in total. The van der Waals surface area contributed by atoms with Crippen molar-refractivity contribution >= 4 is 33.9 Å². The Labute approximate surface area is 372 Å². The van der Waals surface area contributed by atoms with E-state index in [1.807, 2.05) is 30.3 Å². The number of hydrogen-bond acceptors (Lipinski definition) is 12. The number of nitrogens with zero attached hydrogens (tertiary/aromatic N) is 4. The van der Waals surface area contributed by atoms with Crippen LogP contribution in [0.5, 0.6) is 17.2 Å². The lowest BCUT2D eigenvalue weighted by Crippen LogP contribution is -2.64. The van der Waals surface area contributed by atoms with Gasteiger partial charge in [-0.15, -0.1) is 6.58 Å². The maximum Gasteiger partial charge on any atom is 0.269 e. The zero-order valence-corrected chi connectivity index (χ0v) is 36.1. The molecular formula is C50H54N4O8S. The van der Waals surface area contributed by atoms with Gasteiger partial charge < -0.3 is 29.3 Å². The highest BCUT2D eigenvalue weighted by molar-refractivity contribution is 8.00. The number of ether oxygens (including phenoxy) is 3. The van der Waals surface area contributed by atoms with Crippen LogP contribution in [0.15, 0.2) is 133 Å². The summed E-state index contributed by atoms with van der Waals surface area (Å²) in [5.74, 6) is 1.56. The van der Waals surface area contributed by atoms with E-state index in [0.717, 1.165) is 76.1 Å². The number of benzene rings is 4. The zero-order chi connectivity index (χ0) is 43.6. The lowest BCUT2D eigenvalue weighted by molar-refractivity contribution is -0.384. The number of aliphatic hydroxyl groups excluding tert-OH is 2. The average molecular weight is 871 g/mol. The van der Waals surface area contributed by atoms with E-state index in [4.69, 9.17) is 24.2 Å². The van der Waals surface area contributed by atoms with Crippen LogP contribution in [0.3, 0.4) is 0 Å². The summed E-state index contributed by atoms with van der Waals surface area (Å²) >= 11 is 1.76. The number of aromatic nitrogens is 2. The van der Waals surface area contributed by atoms with Crippen molar-refractivity contribution in [2.24, 2.45) is 22.9 Å². The first kappa shape index (κ1) is 44.0. The van der Waals surface area contributed by atoms with E-state index in [-0.39, 0.29) is 61.0 Å². The number of aliphatic hydroxyl groups is 2. The molecule has 328 valence electrons. The fraction of sp³-hybridized carbons (Fsp3) is 0.380. The molecule has 0 saturated heterocycles. The molecule has 3 aliphatic rings. The molecule has 1 aliphatic heterocycles. The van der Waals surface area contributed by atoms with Crippen LogP contribution >= 0.6 is 11.8 Å². The van der Waals surface area contributed by atoms with Crippen LogP contribution in [0.25, 0.3) is 10.8 Å². The van der Waals surface area contributed by atoms with E-state index < -0.39 is 10.7 Å². The molecule has 0 bridgehead atoms. The van der Waals surface area contributed by atoms with Crippen LogP contribution in [-0.2, 0) is 22.6 Å². The molecule has 0 spiro atoms. The monoisotopic (exact) mass is 870 g/mol. The smallest absolute Gasteiger partial charge is 0.269 e. The van der Waals surface area contributed by atoms with Gasteiger partial charge in [-0.3, -0.25) is 20.1 Å². The van der Waals surface area contributed by atoms with Gasteiger partial charge in [0.05, 0.1) is 34.1 Å². The van der Waals surface area contributed by atoms with Crippen molar-refractivity contribution in [2.45, 2.75) is 74.9 Å². The zero-order valence-electron chi connectivity index (χ0n) is 35.3. The number of unbranched alkanes of at least 4 members (excludes halogenated alkanes) is 2. The van der Waals surface area contributed by atoms with Gasteiger partial charge in [0.25, 0.3) is 5.69 Å². The number of nitro groups is 1. The molecule has 1 aromatic heterocycles. The summed E-state index contributed by atoms with van der Waals surface area (Å²) in [7, 11) is 0. The van der Waals surface area contributed by atoms with E-state index in [9.17, 15) is 20.3 Å². The molecule has 0 radical (unpaired) electrons. The Morgan fingerprint density at radius 2 is 1.73 bits per heavy atom. The third kappa shape index (κ3) is 9.97. The standard InChI is InChI=1S/C50H54N4O8S/c1-2-26-59-50-47(63-27-21-38-32-51-22-23-52-38)31-45(53-60-33-34-13-16-39(17-14-34)54(57)58)43-29-37(11-5-7-24-55)42(12-6-8-25-56)48(49(43)50)44-30-41(19-20-46(44)62-50)61-40-18-15-35-9-3-4-10-36(35)28-40/h2-4,9-10,13-20,22-23,28-30,32,37,42,47-49,55-56H,1,5-8,11-12,21,24-27,31,33H2/t37-,42+,47-,48+,49+,50+/m0/s1. The van der Waals surface area contributed by atoms with Crippen molar-refractivity contribution in [2.75, 3.05) is 25.6 Å². The molecule has 12 nitrogen and oxygen atoms in total. The lowest BCUT2D eigenvalue weighted by atomic mass is 9.56. The highest BCUT2D eigenvalue weighted by Crippen LogP contribution is 2.62. The summed E-state index contributed by atoms with van der Waals surface area (Å²) in [6, 6.07) is 26.8. The van der Waals surface area contributed by atoms with Gasteiger partial charge in [0, 0.05) is 68.3 Å². The van der Waals surface area contributed by atoms with Crippen LogP contribution in [-0.4, -0.2) is 67.4 Å². The van der Waals surface area contributed by atoms with Crippen LogP contribution in [0.2, 0.25) is 0 Å². The van der Waals surface area contributed by atoms with Gasteiger partial charge in [0.2, 0.25) is 5.79 Å². The number of non-ortho nitro benzene ring substituents is 1. The van der Waals surface area contributed by atoms with Gasteiger partial charge in [-0.05, 0) is 108 Å². The molecule has 1 fully saturated rings. The first-order chi connectivity index (χ1) is 30.9. The quantitative estimate of drug-likeness (QED) is 0.0313. The van der Waals surface area contributed by atoms with Crippen LogP contribution < -0.4 is 9.47 Å². The highest BCUT2D eigenvalue weighted by Gasteiger charge is 2.64. The Kier molecular flexibility index (Phi) is 14.5. The minimum absolute atomic E-state index is 0.0112. The Balaban J connectivity index is 1.24. The SMILES string of the molecule is C=CCO[C@@]12Oc3ccc(Oc4ccc5ccccc5c4)cc3[C@H]3[C@H](CCCCO)[C@@H](CCCCO)C=C(C(=NOCc4ccc([N+](=O)[O-])cc4)C[C@@H]1SCCc1cnccn1)[C@H]32. The van der Waals surface area contributed by atoms with Gasteiger partial charge in [0.15, 0.2) is 0 Å². The first-order valence-corrected chi connectivity index (χ1v) is 22.9. The number of nitro benzene ring substituents is 1. The van der Waals surface area contributed by atoms with E-state index in [1.165, 1.54) is 12.1 Å². The Bertz CT molecular complexity index is 2410. The molecule has 5 aromatic rings. The number of hydrogen-bond donors (Lipinski definition) is 2. The van der Waals surface area contributed by atoms with Gasteiger partial charge in [-0.2, -0.15) is 11.8 Å². The summed E-state index contributed by atoms with van der Waals surface area (Å²) in [4.78, 5) is 25.9. The summed E-state index contributed by atoms with van der Waals surface area (Å²) < 4.78 is 21.1. The third-order valence-electron chi connectivity index (χ3n) is 12.4. The van der Waals surface area contributed by atoms with E-state index in [0.29, 0.717) is 37.2 Å². The van der Waals surface area contributed by atoms with Crippen molar-refractivity contribution < 1.29 is 34.2 Å². The Hall–Kier alpha value is -5.60. The normalized spacial score (nSPS) is 23.0. The molecule has 6 atom stereocenters. The summed E-state index contributed by atoms with van der Waals surface area (Å²) in [5.41, 5.74) is 4.50. The van der Waals surface area contributed by atoms with Gasteiger partial charge in [-0.1, -0.05) is 60.5 Å².